The molecule has 2 rings (SSSR count). The minimum atomic E-state index is -0.557. The summed E-state index contributed by atoms with van der Waals surface area (Å²) in [4.78, 5) is 10.7. The average molecular weight is 215 g/mol. The fourth-order valence-corrected chi connectivity index (χ4v) is 1.77. The van der Waals surface area contributed by atoms with Crippen molar-refractivity contribution in [2.45, 2.75) is 12.8 Å². The molecule has 1 aliphatic rings. The first-order valence-electron chi connectivity index (χ1n) is 4.33. The van der Waals surface area contributed by atoms with Gasteiger partial charge in [-0.1, -0.05) is 11.6 Å². The van der Waals surface area contributed by atoms with Gasteiger partial charge in [0.15, 0.2) is 6.29 Å². The van der Waals surface area contributed by atoms with Gasteiger partial charge in [-0.15, -0.1) is 0 Å². The Bertz CT molecular complexity index is 390. The predicted molar refractivity (Wildman–Crippen MR) is 50.6 cm³/mol. The van der Waals surface area contributed by atoms with Gasteiger partial charge in [0.05, 0.1) is 17.2 Å². The van der Waals surface area contributed by atoms with E-state index in [2.05, 4.69) is 0 Å². The number of aldehydes is 1. The molecule has 0 N–H and O–H groups in total. The van der Waals surface area contributed by atoms with Crippen LogP contribution in [0.15, 0.2) is 6.07 Å². The summed E-state index contributed by atoms with van der Waals surface area (Å²) in [5.74, 6) is -0.115. The summed E-state index contributed by atoms with van der Waals surface area (Å²) < 4.78 is 18.5. The van der Waals surface area contributed by atoms with Gasteiger partial charge in [-0.2, -0.15) is 0 Å². The Kier molecular flexibility index (Phi) is 2.42. The minimum absolute atomic E-state index is 0.126. The second kappa shape index (κ2) is 3.58. The smallest absolute Gasteiger partial charge is 0.155 e. The molecule has 74 valence electrons. The van der Waals surface area contributed by atoms with E-state index in [1.165, 1.54) is 6.07 Å². The lowest BCUT2D eigenvalue weighted by Gasteiger charge is -2.19. The zero-order valence-corrected chi connectivity index (χ0v) is 8.10. The Morgan fingerprint density at radius 3 is 3.07 bits per heavy atom. The molecule has 2 nitrogen and oxygen atoms in total. The molecule has 1 heterocycles. The molecule has 0 fully saturated rings. The second-order valence-electron chi connectivity index (χ2n) is 3.14. The zero-order chi connectivity index (χ0) is 10.1. The highest BCUT2D eigenvalue weighted by molar-refractivity contribution is 6.33. The van der Waals surface area contributed by atoms with Crippen molar-refractivity contribution in [1.82, 2.24) is 0 Å². The standard InChI is InChI=1S/C10H8ClFO2/c11-9-7(5-13)10-6(4-8(9)12)2-1-3-14-10/h4-5H,1-3H2. The minimum Gasteiger partial charge on any atom is -0.492 e. The number of hydrogen-bond acceptors (Lipinski definition) is 2. The van der Waals surface area contributed by atoms with E-state index < -0.39 is 5.82 Å². The molecule has 0 radical (unpaired) electrons. The third-order valence-electron chi connectivity index (χ3n) is 2.24. The van der Waals surface area contributed by atoms with Gasteiger partial charge in [-0.3, -0.25) is 4.79 Å². The molecule has 1 aliphatic heterocycles. The van der Waals surface area contributed by atoms with Gasteiger partial charge in [0.2, 0.25) is 0 Å². The van der Waals surface area contributed by atoms with Crippen molar-refractivity contribution in [3.8, 4) is 5.75 Å². The van der Waals surface area contributed by atoms with Gasteiger partial charge in [0.1, 0.15) is 11.6 Å². The molecule has 0 aliphatic carbocycles. The van der Waals surface area contributed by atoms with Crippen molar-refractivity contribution >= 4 is 17.9 Å². The summed E-state index contributed by atoms with van der Waals surface area (Å²) in [5.41, 5.74) is 0.849. The summed E-state index contributed by atoms with van der Waals surface area (Å²) >= 11 is 5.64. The van der Waals surface area contributed by atoms with Gasteiger partial charge < -0.3 is 4.74 Å². The first-order chi connectivity index (χ1) is 6.74. The van der Waals surface area contributed by atoms with Crippen molar-refractivity contribution in [3.63, 3.8) is 0 Å². The topological polar surface area (TPSA) is 26.3 Å². The van der Waals surface area contributed by atoms with Crippen molar-refractivity contribution < 1.29 is 13.9 Å². The summed E-state index contributed by atoms with van der Waals surface area (Å²) in [6.07, 6.45) is 2.10. The summed E-state index contributed by atoms with van der Waals surface area (Å²) in [6.45, 7) is 0.551. The van der Waals surface area contributed by atoms with Crippen LogP contribution in [-0.2, 0) is 6.42 Å². The number of hydrogen-bond donors (Lipinski definition) is 0. The fraction of sp³-hybridized carbons (Fsp3) is 0.300. The number of carbonyl (C=O) groups is 1. The predicted octanol–water partition coefficient (Wildman–Crippen LogP) is 2.62. The molecule has 0 saturated heterocycles. The first-order valence-corrected chi connectivity index (χ1v) is 4.70. The maximum atomic E-state index is 13.2. The SMILES string of the molecule is O=Cc1c(Cl)c(F)cc2c1OCCC2. The molecule has 0 unspecified atom stereocenters. The van der Waals surface area contributed by atoms with Crippen molar-refractivity contribution in [2.24, 2.45) is 0 Å². The summed E-state index contributed by atoms with van der Waals surface area (Å²) in [6, 6.07) is 1.34. The maximum absolute atomic E-state index is 13.2. The lowest BCUT2D eigenvalue weighted by Crippen LogP contribution is -2.11. The molecule has 0 bridgehead atoms. The van der Waals surface area contributed by atoms with Crippen LogP contribution in [0.2, 0.25) is 5.02 Å². The van der Waals surface area contributed by atoms with E-state index in [9.17, 15) is 9.18 Å². The fourth-order valence-electron chi connectivity index (χ4n) is 1.58. The molecule has 0 atom stereocenters. The largest absolute Gasteiger partial charge is 0.492 e. The molecular formula is C10H8ClFO2. The van der Waals surface area contributed by atoms with Gasteiger partial charge in [-0.25, -0.2) is 4.39 Å². The first kappa shape index (κ1) is 9.46. The highest BCUT2D eigenvalue weighted by Crippen LogP contribution is 2.34. The average Bonchev–Trinajstić information content (AvgIpc) is 2.20. The second-order valence-corrected chi connectivity index (χ2v) is 3.52. The van der Waals surface area contributed by atoms with Crippen LogP contribution in [0.4, 0.5) is 4.39 Å². The van der Waals surface area contributed by atoms with Crippen LogP contribution in [0, 0.1) is 5.82 Å². The van der Waals surface area contributed by atoms with Gasteiger partial charge in [-0.05, 0) is 24.5 Å². The molecule has 0 aromatic heterocycles. The van der Waals surface area contributed by atoms with Gasteiger partial charge >= 0.3 is 0 Å². The van der Waals surface area contributed by atoms with Crippen LogP contribution in [0.1, 0.15) is 22.3 Å². The van der Waals surface area contributed by atoms with Crippen LogP contribution in [0.3, 0.4) is 0 Å². The number of rotatable bonds is 1. The van der Waals surface area contributed by atoms with Crippen LogP contribution in [-0.4, -0.2) is 12.9 Å². The van der Waals surface area contributed by atoms with Crippen LogP contribution < -0.4 is 4.74 Å². The number of fused-ring (bicyclic) bond motifs is 1. The Balaban J connectivity index is 2.65. The Morgan fingerprint density at radius 2 is 2.36 bits per heavy atom. The van der Waals surface area contributed by atoms with E-state index in [1.807, 2.05) is 0 Å². The number of ether oxygens (including phenoxy) is 1. The van der Waals surface area contributed by atoms with E-state index in [-0.39, 0.29) is 10.6 Å². The van der Waals surface area contributed by atoms with Crippen molar-refractivity contribution in [3.05, 3.63) is 28.0 Å². The highest BCUT2D eigenvalue weighted by Gasteiger charge is 2.20. The molecule has 0 saturated carbocycles. The molecule has 14 heavy (non-hydrogen) atoms. The lowest BCUT2D eigenvalue weighted by molar-refractivity contribution is 0.111. The molecule has 1 aromatic carbocycles. The van der Waals surface area contributed by atoms with Crippen LogP contribution in [0.25, 0.3) is 0 Å². The monoisotopic (exact) mass is 214 g/mol. The normalized spacial score (nSPS) is 14.4. The number of carbonyl (C=O) groups excluding carboxylic acids is 1. The number of aryl methyl sites for hydroxylation is 1. The van der Waals surface area contributed by atoms with Gasteiger partial charge in [0, 0.05) is 0 Å². The third kappa shape index (κ3) is 1.38. The molecular weight excluding hydrogens is 207 g/mol. The Labute approximate surface area is 85.6 Å². The number of halogens is 2. The van der Waals surface area contributed by atoms with E-state index >= 15 is 0 Å². The van der Waals surface area contributed by atoms with Crippen LogP contribution >= 0.6 is 11.6 Å². The summed E-state index contributed by atoms with van der Waals surface area (Å²) in [7, 11) is 0. The van der Waals surface area contributed by atoms with Crippen molar-refractivity contribution in [1.29, 1.82) is 0 Å². The molecule has 4 heteroatoms. The highest BCUT2D eigenvalue weighted by atomic mass is 35.5. The maximum Gasteiger partial charge on any atom is 0.155 e. The van der Waals surface area contributed by atoms with E-state index in [0.29, 0.717) is 18.6 Å². The van der Waals surface area contributed by atoms with E-state index in [0.717, 1.165) is 18.4 Å². The van der Waals surface area contributed by atoms with E-state index in [1.54, 1.807) is 0 Å². The van der Waals surface area contributed by atoms with Crippen molar-refractivity contribution in [2.75, 3.05) is 6.61 Å². The van der Waals surface area contributed by atoms with E-state index in [4.69, 9.17) is 16.3 Å². The molecule has 1 aromatic rings. The Morgan fingerprint density at radius 1 is 1.57 bits per heavy atom. The lowest BCUT2D eigenvalue weighted by atomic mass is 10.0. The quantitative estimate of drug-likeness (QED) is 0.672. The Hall–Kier alpha value is -1.09. The molecule has 0 spiro atoms. The summed E-state index contributed by atoms with van der Waals surface area (Å²) in [5, 5.41) is -0.152. The zero-order valence-electron chi connectivity index (χ0n) is 7.35. The third-order valence-corrected chi connectivity index (χ3v) is 2.62. The van der Waals surface area contributed by atoms with Gasteiger partial charge in [0.25, 0.3) is 0 Å². The number of benzene rings is 1. The molecule has 0 amide bonds. The van der Waals surface area contributed by atoms with Crippen LogP contribution in [0.5, 0.6) is 5.75 Å².